The molecule has 0 aromatic rings. The van der Waals surface area contributed by atoms with Gasteiger partial charge in [0.1, 0.15) is 0 Å². The van der Waals surface area contributed by atoms with Crippen LogP contribution in [0.5, 0.6) is 0 Å². The van der Waals surface area contributed by atoms with Crippen LogP contribution < -0.4 is 5.32 Å². The molecule has 0 fully saturated rings. The molecule has 0 aliphatic carbocycles. The van der Waals surface area contributed by atoms with E-state index >= 15 is 0 Å². The summed E-state index contributed by atoms with van der Waals surface area (Å²) in [5.41, 5.74) is 0. The molecule has 482 valence electrons. The minimum atomic E-state index is -0.664. The summed E-state index contributed by atoms with van der Waals surface area (Å²) in [6.45, 7) is 5.01. The van der Waals surface area contributed by atoms with Gasteiger partial charge < -0.3 is 20.3 Å². The number of hydrogen-bond acceptors (Lipinski definition) is 5. The first kappa shape index (κ1) is 79.6. The Bertz CT molecular complexity index is 1220. The van der Waals surface area contributed by atoms with Gasteiger partial charge in [-0.05, 0) is 51.4 Å². The molecule has 0 spiro atoms. The van der Waals surface area contributed by atoms with Crippen molar-refractivity contribution in [1.82, 2.24) is 5.32 Å². The SMILES string of the molecule is CCCCCCCCCCCCCCCCCCCCCC(O)C(CO)NC(=O)CCCCCCCCCCCCCCC/C=C\CCCCCCCCCCCCCCOC(=O)CCCCCCCCCCCCCCCCCC. The van der Waals surface area contributed by atoms with Crippen molar-refractivity contribution in [2.75, 3.05) is 13.2 Å². The molecule has 0 rings (SSSR count). The highest BCUT2D eigenvalue weighted by Gasteiger charge is 2.20. The predicted molar refractivity (Wildman–Crippen MR) is 357 cm³/mol. The highest BCUT2D eigenvalue weighted by molar-refractivity contribution is 5.76. The van der Waals surface area contributed by atoms with Gasteiger partial charge in [0.05, 0.1) is 25.4 Å². The van der Waals surface area contributed by atoms with Gasteiger partial charge in [0, 0.05) is 12.8 Å². The van der Waals surface area contributed by atoms with Gasteiger partial charge in [-0.15, -0.1) is 0 Å². The Hall–Kier alpha value is -1.40. The van der Waals surface area contributed by atoms with Crippen molar-refractivity contribution in [3.8, 4) is 0 Å². The molecule has 0 aromatic heterocycles. The molecular formula is C75H147NO5. The normalized spacial score (nSPS) is 12.5. The highest BCUT2D eigenvalue weighted by atomic mass is 16.5. The van der Waals surface area contributed by atoms with Crippen molar-refractivity contribution in [2.45, 2.75) is 443 Å². The molecule has 2 unspecified atom stereocenters. The molecule has 0 radical (unpaired) electrons. The van der Waals surface area contributed by atoms with Crippen LogP contribution in [0.2, 0.25) is 0 Å². The maximum Gasteiger partial charge on any atom is 0.305 e. The summed E-state index contributed by atoms with van der Waals surface area (Å²) in [6, 6.07) is -0.541. The Labute approximate surface area is 508 Å². The predicted octanol–water partition coefficient (Wildman–Crippen LogP) is 24.3. The number of esters is 1. The number of allylic oxidation sites excluding steroid dienone is 2. The van der Waals surface area contributed by atoms with E-state index in [9.17, 15) is 19.8 Å². The van der Waals surface area contributed by atoms with Crippen LogP contribution in [0.1, 0.15) is 431 Å². The third kappa shape index (κ3) is 67.6. The smallest absolute Gasteiger partial charge is 0.305 e. The van der Waals surface area contributed by atoms with E-state index in [1.165, 1.54) is 360 Å². The van der Waals surface area contributed by atoms with Crippen molar-refractivity contribution in [2.24, 2.45) is 0 Å². The molecule has 0 aliphatic heterocycles. The summed E-state index contributed by atoms with van der Waals surface area (Å²) in [5.74, 6) is -0.00814. The number of amides is 1. The van der Waals surface area contributed by atoms with Gasteiger partial charge in [-0.3, -0.25) is 9.59 Å². The number of ether oxygens (including phenoxy) is 1. The van der Waals surface area contributed by atoms with E-state index in [2.05, 4.69) is 31.3 Å². The van der Waals surface area contributed by atoms with E-state index in [0.717, 1.165) is 38.5 Å². The van der Waals surface area contributed by atoms with Gasteiger partial charge in [-0.25, -0.2) is 0 Å². The van der Waals surface area contributed by atoms with Crippen molar-refractivity contribution in [3.05, 3.63) is 12.2 Å². The molecule has 0 aliphatic rings. The van der Waals surface area contributed by atoms with Crippen molar-refractivity contribution in [1.29, 1.82) is 0 Å². The fourth-order valence-corrected chi connectivity index (χ4v) is 12.1. The standard InChI is InChI=1S/C75H147NO5/c1-3-5-7-9-11-13-15-17-19-21-33-36-39-43-47-51-55-59-63-67-73(78)72(71-77)76-74(79)68-64-60-56-52-48-44-40-37-34-31-29-27-25-23-22-24-26-28-30-32-35-38-42-46-50-54-58-62-66-70-81-75(80)69-65-61-57-53-49-45-41-20-18-16-14-12-10-8-6-4-2/h22,24,72-73,77-78H,3-21,23,25-71H2,1-2H3,(H,76,79)/b24-22-. The van der Waals surface area contributed by atoms with Crippen LogP contribution in [0.25, 0.3) is 0 Å². The largest absolute Gasteiger partial charge is 0.466 e. The summed E-state index contributed by atoms with van der Waals surface area (Å²) >= 11 is 0. The van der Waals surface area contributed by atoms with Gasteiger partial charge in [0.25, 0.3) is 0 Å². The monoisotopic (exact) mass is 1140 g/mol. The number of rotatable bonds is 71. The van der Waals surface area contributed by atoms with Crippen LogP contribution in [0.3, 0.4) is 0 Å². The molecule has 1 amide bonds. The fraction of sp³-hybridized carbons (Fsp3) is 0.947. The molecule has 0 heterocycles. The zero-order valence-electron chi connectivity index (χ0n) is 55.3. The lowest BCUT2D eigenvalue weighted by Gasteiger charge is -2.22. The number of aliphatic hydroxyl groups excluding tert-OH is 2. The minimum absolute atomic E-state index is 0.0212. The Balaban J connectivity index is 3.35. The van der Waals surface area contributed by atoms with E-state index in [-0.39, 0.29) is 18.5 Å². The summed E-state index contributed by atoms with van der Waals surface area (Å²) in [6.07, 6.45) is 88.5. The Morgan fingerprint density at radius 3 is 0.877 bits per heavy atom. The second-order valence-corrected chi connectivity index (χ2v) is 26.0. The van der Waals surface area contributed by atoms with E-state index < -0.39 is 12.1 Å². The van der Waals surface area contributed by atoms with Crippen LogP contribution in [-0.4, -0.2) is 47.4 Å². The van der Waals surface area contributed by atoms with Crippen LogP contribution in [0, 0.1) is 0 Å². The van der Waals surface area contributed by atoms with Gasteiger partial charge in [0.2, 0.25) is 5.91 Å². The Morgan fingerprint density at radius 1 is 0.333 bits per heavy atom. The van der Waals surface area contributed by atoms with Gasteiger partial charge in [-0.2, -0.15) is 0 Å². The fourth-order valence-electron chi connectivity index (χ4n) is 12.1. The molecule has 0 bridgehead atoms. The Morgan fingerprint density at radius 2 is 0.580 bits per heavy atom. The summed E-state index contributed by atoms with van der Waals surface area (Å²) in [7, 11) is 0. The van der Waals surface area contributed by atoms with Gasteiger partial charge in [0.15, 0.2) is 0 Å². The summed E-state index contributed by atoms with van der Waals surface area (Å²) < 4.78 is 5.51. The van der Waals surface area contributed by atoms with E-state index in [0.29, 0.717) is 25.9 Å². The molecule has 3 N–H and O–H groups in total. The zero-order chi connectivity index (χ0) is 58.5. The maximum atomic E-state index is 12.5. The lowest BCUT2D eigenvalue weighted by molar-refractivity contribution is -0.143. The van der Waals surface area contributed by atoms with Gasteiger partial charge >= 0.3 is 5.97 Å². The topological polar surface area (TPSA) is 95.9 Å². The number of carbonyl (C=O) groups excluding carboxylic acids is 2. The van der Waals surface area contributed by atoms with E-state index in [1.807, 2.05) is 0 Å². The lowest BCUT2D eigenvalue weighted by Crippen LogP contribution is -2.45. The quantitative estimate of drug-likeness (QED) is 0.0320. The van der Waals surface area contributed by atoms with Gasteiger partial charge in [-0.1, -0.05) is 379 Å². The maximum absolute atomic E-state index is 12.5. The second-order valence-electron chi connectivity index (χ2n) is 26.0. The molecule has 2 atom stereocenters. The third-order valence-electron chi connectivity index (χ3n) is 17.8. The molecule has 0 saturated carbocycles. The molecule has 0 saturated heterocycles. The van der Waals surface area contributed by atoms with Crippen LogP contribution >= 0.6 is 0 Å². The zero-order valence-corrected chi connectivity index (χ0v) is 55.3. The molecular weight excluding hydrogens is 995 g/mol. The third-order valence-corrected chi connectivity index (χ3v) is 17.8. The number of unbranched alkanes of at least 4 members (excludes halogenated alkanes) is 58. The average molecular weight is 1140 g/mol. The highest BCUT2D eigenvalue weighted by Crippen LogP contribution is 2.20. The lowest BCUT2D eigenvalue weighted by atomic mass is 10.0. The number of carbonyl (C=O) groups is 2. The van der Waals surface area contributed by atoms with Crippen LogP contribution in [0.15, 0.2) is 12.2 Å². The molecule has 81 heavy (non-hydrogen) atoms. The first-order valence-electron chi connectivity index (χ1n) is 37.4. The van der Waals surface area contributed by atoms with E-state index in [1.54, 1.807) is 0 Å². The summed E-state index contributed by atoms with van der Waals surface area (Å²) in [4.78, 5) is 24.6. The number of aliphatic hydroxyl groups is 2. The Kier molecular flexibility index (Phi) is 69.9. The molecule has 0 aromatic carbocycles. The average Bonchev–Trinajstić information content (AvgIpc) is 3.47. The number of nitrogens with one attached hydrogen (secondary N) is 1. The number of hydrogen-bond donors (Lipinski definition) is 3. The first-order valence-corrected chi connectivity index (χ1v) is 37.4. The van der Waals surface area contributed by atoms with E-state index in [4.69, 9.17) is 4.74 Å². The van der Waals surface area contributed by atoms with Crippen molar-refractivity contribution >= 4 is 11.9 Å². The molecule has 6 heteroatoms. The second kappa shape index (κ2) is 71.1. The van der Waals surface area contributed by atoms with Crippen LogP contribution in [0.4, 0.5) is 0 Å². The van der Waals surface area contributed by atoms with Crippen molar-refractivity contribution in [3.63, 3.8) is 0 Å². The minimum Gasteiger partial charge on any atom is -0.466 e. The first-order chi connectivity index (χ1) is 40.0. The molecule has 6 nitrogen and oxygen atoms in total. The van der Waals surface area contributed by atoms with Crippen molar-refractivity contribution < 1.29 is 24.5 Å². The summed E-state index contributed by atoms with van der Waals surface area (Å²) in [5, 5.41) is 23.4. The van der Waals surface area contributed by atoms with Crippen LogP contribution in [-0.2, 0) is 14.3 Å².